The van der Waals surface area contributed by atoms with Crippen molar-refractivity contribution in [1.82, 2.24) is 4.90 Å². The zero-order chi connectivity index (χ0) is 18.8. The van der Waals surface area contributed by atoms with Crippen LogP contribution >= 0.6 is 22.7 Å². The molecule has 5 nitrogen and oxygen atoms in total. The van der Waals surface area contributed by atoms with Gasteiger partial charge in [-0.25, -0.2) is 0 Å². The molecule has 1 aliphatic heterocycles. The van der Waals surface area contributed by atoms with Crippen molar-refractivity contribution in [2.75, 3.05) is 13.2 Å². The average molecular weight is 392 g/mol. The predicted octanol–water partition coefficient (Wildman–Crippen LogP) is 4.12. The minimum atomic E-state index is -0.576. The molecule has 138 valence electrons. The van der Waals surface area contributed by atoms with Gasteiger partial charge in [-0.2, -0.15) is 0 Å². The first kappa shape index (κ1) is 18.8. The fraction of sp³-hybridized carbons (Fsp3) is 0.368. The Kier molecular flexibility index (Phi) is 5.60. The fourth-order valence-corrected chi connectivity index (χ4v) is 4.71. The number of rotatable bonds is 7. The van der Waals surface area contributed by atoms with Gasteiger partial charge in [-0.3, -0.25) is 9.59 Å². The fourth-order valence-electron chi connectivity index (χ4n) is 2.98. The Bertz CT molecular complexity index is 836. The Labute approximate surface area is 160 Å². The highest BCUT2D eigenvalue weighted by molar-refractivity contribution is 7.12. The average Bonchev–Trinajstić information content (AvgIpc) is 3.31. The summed E-state index contributed by atoms with van der Waals surface area (Å²) in [6, 6.07) is 4.87. The minimum Gasteiger partial charge on any atom is -0.503 e. The van der Waals surface area contributed by atoms with E-state index in [-0.39, 0.29) is 17.5 Å². The number of nitrogens with zero attached hydrogens (tertiary/aromatic N) is 1. The SMILES string of the molecule is Cc1ccsc1C1C(C(=O)c2cccs2)=C(O)C(=O)N1CCOC(C)C. The van der Waals surface area contributed by atoms with Crippen molar-refractivity contribution >= 4 is 34.4 Å². The second kappa shape index (κ2) is 7.73. The Morgan fingerprint density at radius 3 is 2.65 bits per heavy atom. The molecule has 0 aromatic carbocycles. The van der Waals surface area contributed by atoms with E-state index in [0.717, 1.165) is 10.4 Å². The first-order valence-corrected chi connectivity index (χ1v) is 10.2. The van der Waals surface area contributed by atoms with Crippen LogP contribution in [0.2, 0.25) is 0 Å². The number of amides is 1. The number of thiophene rings is 2. The van der Waals surface area contributed by atoms with Gasteiger partial charge >= 0.3 is 0 Å². The summed E-state index contributed by atoms with van der Waals surface area (Å²) in [5.74, 6) is -1.27. The maximum Gasteiger partial charge on any atom is 0.290 e. The second-order valence-corrected chi connectivity index (χ2v) is 8.25. The number of aliphatic hydroxyl groups is 1. The van der Waals surface area contributed by atoms with Gasteiger partial charge in [-0.15, -0.1) is 22.7 Å². The van der Waals surface area contributed by atoms with Gasteiger partial charge in [0.1, 0.15) is 6.04 Å². The first-order valence-electron chi connectivity index (χ1n) is 8.39. The molecule has 0 saturated heterocycles. The quantitative estimate of drug-likeness (QED) is 0.721. The van der Waals surface area contributed by atoms with E-state index < -0.39 is 17.7 Å². The molecule has 7 heteroatoms. The molecule has 0 fully saturated rings. The van der Waals surface area contributed by atoms with Gasteiger partial charge in [0.15, 0.2) is 5.76 Å². The van der Waals surface area contributed by atoms with E-state index in [4.69, 9.17) is 4.74 Å². The molecule has 1 aliphatic rings. The molecule has 0 bridgehead atoms. The third-order valence-electron chi connectivity index (χ3n) is 4.23. The standard InChI is InChI=1S/C19H21NO4S2/c1-11(2)24-8-7-20-15(18-12(3)6-10-26-18)14(17(22)19(20)23)16(21)13-5-4-9-25-13/h4-6,9-11,15,22H,7-8H2,1-3H3. The van der Waals surface area contributed by atoms with E-state index in [1.165, 1.54) is 27.6 Å². The number of carbonyl (C=O) groups is 2. The summed E-state index contributed by atoms with van der Waals surface area (Å²) in [4.78, 5) is 28.6. The van der Waals surface area contributed by atoms with Crippen LogP contribution in [0.15, 0.2) is 40.3 Å². The van der Waals surface area contributed by atoms with Gasteiger partial charge in [0.2, 0.25) is 5.78 Å². The number of hydrogen-bond donors (Lipinski definition) is 1. The lowest BCUT2D eigenvalue weighted by atomic mass is 9.99. The number of hydrogen-bond acceptors (Lipinski definition) is 6. The van der Waals surface area contributed by atoms with E-state index in [0.29, 0.717) is 18.0 Å². The Morgan fingerprint density at radius 2 is 2.08 bits per heavy atom. The molecule has 0 aliphatic carbocycles. The summed E-state index contributed by atoms with van der Waals surface area (Å²) < 4.78 is 5.58. The van der Waals surface area contributed by atoms with Crippen molar-refractivity contribution in [3.05, 3.63) is 55.6 Å². The molecule has 0 radical (unpaired) electrons. The van der Waals surface area contributed by atoms with Crippen molar-refractivity contribution in [1.29, 1.82) is 0 Å². The highest BCUT2D eigenvalue weighted by Crippen LogP contribution is 2.42. The monoisotopic (exact) mass is 391 g/mol. The van der Waals surface area contributed by atoms with Crippen LogP contribution < -0.4 is 0 Å². The third kappa shape index (κ3) is 3.47. The van der Waals surface area contributed by atoms with Crippen LogP contribution in [0.1, 0.15) is 40.0 Å². The molecule has 2 aromatic heterocycles. The van der Waals surface area contributed by atoms with Gasteiger partial charge in [0.05, 0.1) is 23.2 Å². The van der Waals surface area contributed by atoms with Crippen molar-refractivity contribution < 1.29 is 19.4 Å². The number of Topliss-reactive ketones (excluding diaryl/α,β-unsaturated/α-hetero) is 1. The highest BCUT2D eigenvalue weighted by Gasteiger charge is 2.44. The Hall–Kier alpha value is -1.96. The number of carbonyl (C=O) groups excluding carboxylic acids is 2. The van der Waals surface area contributed by atoms with E-state index in [2.05, 4.69) is 0 Å². The zero-order valence-electron chi connectivity index (χ0n) is 14.9. The van der Waals surface area contributed by atoms with Crippen LogP contribution in [0.4, 0.5) is 0 Å². The lowest BCUT2D eigenvalue weighted by Gasteiger charge is -2.26. The summed E-state index contributed by atoms with van der Waals surface area (Å²) in [7, 11) is 0. The molecule has 3 heterocycles. The summed E-state index contributed by atoms with van der Waals surface area (Å²) in [6.45, 7) is 6.45. The second-order valence-electron chi connectivity index (χ2n) is 6.36. The maximum absolute atomic E-state index is 13.0. The number of aryl methyl sites for hydroxylation is 1. The van der Waals surface area contributed by atoms with Gasteiger partial charge in [-0.1, -0.05) is 6.07 Å². The summed E-state index contributed by atoms with van der Waals surface area (Å²) in [5.41, 5.74) is 1.15. The molecule has 2 aromatic rings. The maximum atomic E-state index is 13.0. The molecule has 26 heavy (non-hydrogen) atoms. The van der Waals surface area contributed by atoms with Gasteiger partial charge in [-0.05, 0) is 49.2 Å². The van der Waals surface area contributed by atoms with Crippen LogP contribution in [-0.4, -0.2) is 41.0 Å². The summed E-state index contributed by atoms with van der Waals surface area (Å²) in [6.07, 6.45) is 0.0448. The largest absolute Gasteiger partial charge is 0.503 e. The van der Waals surface area contributed by atoms with Crippen LogP contribution in [0, 0.1) is 6.92 Å². The summed E-state index contributed by atoms with van der Waals surface area (Å²) >= 11 is 2.79. The molecule has 1 amide bonds. The van der Waals surface area contributed by atoms with E-state index in [9.17, 15) is 14.7 Å². The number of ketones is 1. The van der Waals surface area contributed by atoms with Crippen molar-refractivity contribution in [3.8, 4) is 0 Å². The number of ether oxygens (including phenoxy) is 1. The van der Waals surface area contributed by atoms with Crippen LogP contribution in [-0.2, 0) is 9.53 Å². The molecule has 3 rings (SSSR count). The van der Waals surface area contributed by atoms with Crippen LogP contribution in [0.25, 0.3) is 0 Å². The smallest absolute Gasteiger partial charge is 0.290 e. The highest BCUT2D eigenvalue weighted by atomic mass is 32.1. The molecule has 1 N–H and O–H groups in total. The molecule has 0 saturated carbocycles. The number of aliphatic hydroxyl groups excluding tert-OH is 1. The lowest BCUT2D eigenvalue weighted by Crippen LogP contribution is -2.34. The van der Waals surface area contributed by atoms with Crippen LogP contribution in [0.5, 0.6) is 0 Å². The van der Waals surface area contributed by atoms with Crippen LogP contribution in [0.3, 0.4) is 0 Å². The van der Waals surface area contributed by atoms with Crippen molar-refractivity contribution in [2.24, 2.45) is 0 Å². The third-order valence-corrected chi connectivity index (χ3v) is 6.17. The van der Waals surface area contributed by atoms with Gasteiger partial charge < -0.3 is 14.7 Å². The topological polar surface area (TPSA) is 66.8 Å². The molecular formula is C19H21NO4S2. The molecule has 1 unspecified atom stereocenters. The normalized spacial score (nSPS) is 17.6. The van der Waals surface area contributed by atoms with Gasteiger partial charge in [0.25, 0.3) is 5.91 Å². The van der Waals surface area contributed by atoms with Crippen molar-refractivity contribution in [3.63, 3.8) is 0 Å². The van der Waals surface area contributed by atoms with E-state index in [1.807, 2.05) is 32.2 Å². The predicted molar refractivity (Wildman–Crippen MR) is 103 cm³/mol. The van der Waals surface area contributed by atoms with E-state index >= 15 is 0 Å². The van der Waals surface area contributed by atoms with Gasteiger partial charge in [0, 0.05) is 11.4 Å². The zero-order valence-corrected chi connectivity index (χ0v) is 16.5. The molecule has 0 spiro atoms. The first-order chi connectivity index (χ1) is 12.4. The molecular weight excluding hydrogens is 370 g/mol. The Morgan fingerprint density at radius 1 is 1.31 bits per heavy atom. The Balaban J connectivity index is 1.99. The summed E-state index contributed by atoms with van der Waals surface area (Å²) in [5, 5.41) is 14.2. The lowest BCUT2D eigenvalue weighted by molar-refractivity contribution is -0.130. The van der Waals surface area contributed by atoms with E-state index in [1.54, 1.807) is 17.5 Å². The minimum absolute atomic E-state index is 0.0448. The van der Waals surface area contributed by atoms with Crippen molar-refractivity contribution in [2.45, 2.75) is 32.9 Å². The molecule has 1 atom stereocenters.